The first-order valence-corrected chi connectivity index (χ1v) is 8.02. The van der Waals surface area contributed by atoms with Crippen LogP contribution in [0.25, 0.3) is 0 Å². The summed E-state index contributed by atoms with van der Waals surface area (Å²) in [6.45, 7) is 4.33. The first-order chi connectivity index (χ1) is 9.13. The fourth-order valence-corrected chi connectivity index (χ4v) is 1.99. The average Bonchev–Trinajstić information content (AvgIpc) is 2.40. The van der Waals surface area contributed by atoms with Crippen LogP contribution in [0.1, 0.15) is 12.5 Å². The summed E-state index contributed by atoms with van der Waals surface area (Å²) in [5, 5.41) is 14.2. The molecule has 5 heteroatoms. The summed E-state index contributed by atoms with van der Waals surface area (Å²) in [5.74, 6) is 0. The SMILES string of the molecule is CSC(C)CNCC(O)COCc1ccccc1Cl. The van der Waals surface area contributed by atoms with Gasteiger partial charge >= 0.3 is 0 Å². The lowest BCUT2D eigenvalue weighted by atomic mass is 10.2. The number of rotatable bonds is 9. The third-order valence-electron chi connectivity index (χ3n) is 2.74. The second-order valence-electron chi connectivity index (χ2n) is 4.46. The Labute approximate surface area is 124 Å². The Hall–Kier alpha value is -0.260. The Morgan fingerprint density at radius 3 is 2.79 bits per heavy atom. The van der Waals surface area contributed by atoms with E-state index < -0.39 is 6.10 Å². The standard InChI is InChI=1S/C14H22ClNO2S/c1-11(19-2)7-16-8-13(17)10-18-9-12-5-3-4-6-14(12)15/h3-6,11,13,16-17H,7-10H2,1-2H3. The van der Waals surface area contributed by atoms with Crippen molar-refractivity contribution in [3.05, 3.63) is 34.9 Å². The van der Waals surface area contributed by atoms with Crippen LogP contribution in [0, 0.1) is 0 Å². The third kappa shape index (κ3) is 7.18. The van der Waals surface area contributed by atoms with Crippen molar-refractivity contribution in [2.75, 3.05) is 26.0 Å². The molecule has 0 bridgehead atoms. The van der Waals surface area contributed by atoms with Gasteiger partial charge in [0.05, 0.1) is 19.3 Å². The van der Waals surface area contributed by atoms with Crippen molar-refractivity contribution in [2.24, 2.45) is 0 Å². The maximum Gasteiger partial charge on any atom is 0.0897 e. The zero-order valence-electron chi connectivity index (χ0n) is 11.4. The first-order valence-electron chi connectivity index (χ1n) is 6.36. The van der Waals surface area contributed by atoms with Gasteiger partial charge in [-0.25, -0.2) is 0 Å². The van der Waals surface area contributed by atoms with E-state index in [2.05, 4.69) is 18.5 Å². The highest BCUT2D eigenvalue weighted by atomic mass is 35.5. The molecule has 108 valence electrons. The lowest BCUT2D eigenvalue weighted by molar-refractivity contribution is 0.0290. The van der Waals surface area contributed by atoms with E-state index in [1.165, 1.54) is 0 Å². The largest absolute Gasteiger partial charge is 0.389 e. The van der Waals surface area contributed by atoms with E-state index in [-0.39, 0.29) is 0 Å². The second-order valence-corrected chi connectivity index (χ2v) is 6.15. The minimum Gasteiger partial charge on any atom is -0.389 e. The third-order valence-corrected chi connectivity index (χ3v) is 4.08. The van der Waals surface area contributed by atoms with Crippen LogP contribution >= 0.6 is 23.4 Å². The minimum absolute atomic E-state index is 0.311. The summed E-state index contributed by atoms with van der Waals surface area (Å²) in [4.78, 5) is 0. The first kappa shape index (κ1) is 16.8. The topological polar surface area (TPSA) is 41.5 Å². The van der Waals surface area contributed by atoms with Crippen molar-refractivity contribution in [2.45, 2.75) is 24.9 Å². The molecule has 0 saturated heterocycles. The van der Waals surface area contributed by atoms with Gasteiger partial charge in [-0.15, -0.1) is 0 Å². The van der Waals surface area contributed by atoms with Gasteiger partial charge in [0.2, 0.25) is 0 Å². The molecule has 2 atom stereocenters. The molecule has 19 heavy (non-hydrogen) atoms. The van der Waals surface area contributed by atoms with Crippen LogP contribution in [-0.2, 0) is 11.3 Å². The fourth-order valence-electron chi connectivity index (χ4n) is 1.52. The second kappa shape index (κ2) is 9.61. The van der Waals surface area contributed by atoms with Crippen LogP contribution in [0.3, 0.4) is 0 Å². The number of ether oxygens (including phenoxy) is 1. The molecule has 0 aromatic heterocycles. The molecule has 1 rings (SSSR count). The summed E-state index contributed by atoms with van der Waals surface area (Å²) in [5.41, 5.74) is 0.945. The van der Waals surface area contributed by atoms with Gasteiger partial charge in [0, 0.05) is 23.4 Å². The molecule has 0 aliphatic heterocycles. The zero-order valence-corrected chi connectivity index (χ0v) is 13.0. The van der Waals surface area contributed by atoms with Crippen LogP contribution in [0.5, 0.6) is 0 Å². The Bertz CT molecular complexity index is 365. The van der Waals surface area contributed by atoms with E-state index in [0.29, 0.717) is 30.0 Å². The molecule has 0 aliphatic carbocycles. The summed E-state index contributed by atoms with van der Waals surface area (Å²) in [6, 6.07) is 7.57. The number of nitrogens with one attached hydrogen (secondary N) is 1. The highest BCUT2D eigenvalue weighted by Gasteiger charge is 2.06. The van der Waals surface area contributed by atoms with Crippen molar-refractivity contribution >= 4 is 23.4 Å². The van der Waals surface area contributed by atoms with E-state index in [4.69, 9.17) is 16.3 Å². The number of hydrogen-bond donors (Lipinski definition) is 2. The van der Waals surface area contributed by atoms with Gasteiger partial charge in [0.1, 0.15) is 0 Å². The van der Waals surface area contributed by atoms with Gasteiger partial charge in [-0.05, 0) is 17.9 Å². The summed E-state index contributed by atoms with van der Waals surface area (Å²) in [7, 11) is 0. The van der Waals surface area contributed by atoms with Crippen molar-refractivity contribution in [1.29, 1.82) is 0 Å². The van der Waals surface area contributed by atoms with Crippen molar-refractivity contribution in [1.82, 2.24) is 5.32 Å². The summed E-state index contributed by atoms with van der Waals surface area (Å²) < 4.78 is 5.47. The Kier molecular flexibility index (Phi) is 8.50. The van der Waals surface area contributed by atoms with Crippen LogP contribution < -0.4 is 5.32 Å². The van der Waals surface area contributed by atoms with Crippen LogP contribution in [-0.4, -0.2) is 42.4 Å². The van der Waals surface area contributed by atoms with Gasteiger partial charge in [0.15, 0.2) is 0 Å². The van der Waals surface area contributed by atoms with Crippen molar-refractivity contribution in [3.8, 4) is 0 Å². The van der Waals surface area contributed by atoms with Gasteiger partial charge in [-0.2, -0.15) is 11.8 Å². The molecular formula is C14H22ClNO2S. The van der Waals surface area contributed by atoms with E-state index >= 15 is 0 Å². The van der Waals surface area contributed by atoms with Crippen LogP contribution in [0.15, 0.2) is 24.3 Å². The van der Waals surface area contributed by atoms with Crippen LogP contribution in [0.2, 0.25) is 5.02 Å². The average molecular weight is 304 g/mol. The van der Waals surface area contributed by atoms with Gasteiger partial charge in [-0.1, -0.05) is 36.7 Å². The van der Waals surface area contributed by atoms with Crippen molar-refractivity contribution in [3.63, 3.8) is 0 Å². The number of benzene rings is 1. The quantitative estimate of drug-likeness (QED) is 0.736. The predicted octanol–water partition coefficient (Wildman–Crippen LogP) is 2.56. The van der Waals surface area contributed by atoms with Gasteiger partial charge in [-0.3, -0.25) is 0 Å². The van der Waals surface area contributed by atoms with Crippen LogP contribution in [0.4, 0.5) is 0 Å². The monoisotopic (exact) mass is 303 g/mol. The van der Waals surface area contributed by atoms with Gasteiger partial charge < -0.3 is 15.2 Å². The Balaban J connectivity index is 2.13. The highest BCUT2D eigenvalue weighted by Crippen LogP contribution is 2.15. The fraction of sp³-hybridized carbons (Fsp3) is 0.571. The Morgan fingerprint density at radius 1 is 1.37 bits per heavy atom. The van der Waals surface area contributed by atoms with Crippen molar-refractivity contribution < 1.29 is 9.84 Å². The van der Waals surface area contributed by atoms with Gasteiger partial charge in [0.25, 0.3) is 0 Å². The number of aliphatic hydroxyl groups excluding tert-OH is 1. The molecule has 0 fully saturated rings. The Morgan fingerprint density at radius 2 is 2.11 bits per heavy atom. The number of hydrogen-bond acceptors (Lipinski definition) is 4. The molecular weight excluding hydrogens is 282 g/mol. The molecule has 2 N–H and O–H groups in total. The molecule has 0 saturated carbocycles. The smallest absolute Gasteiger partial charge is 0.0897 e. The number of thioether (sulfide) groups is 1. The lowest BCUT2D eigenvalue weighted by Crippen LogP contribution is -2.33. The highest BCUT2D eigenvalue weighted by molar-refractivity contribution is 7.99. The maximum absolute atomic E-state index is 9.75. The molecule has 0 amide bonds. The molecule has 0 aliphatic rings. The molecule has 1 aromatic rings. The van der Waals surface area contributed by atoms with E-state index in [0.717, 1.165) is 12.1 Å². The normalized spacial score (nSPS) is 14.3. The summed E-state index contributed by atoms with van der Waals surface area (Å²) in [6.07, 6.45) is 1.59. The molecule has 0 heterocycles. The molecule has 1 aromatic carbocycles. The zero-order chi connectivity index (χ0) is 14.1. The van der Waals surface area contributed by atoms with E-state index in [1.54, 1.807) is 11.8 Å². The molecule has 0 spiro atoms. The maximum atomic E-state index is 9.75. The molecule has 2 unspecified atom stereocenters. The minimum atomic E-state index is -0.489. The number of halogens is 1. The molecule has 3 nitrogen and oxygen atoms in total. The van der Waals surface area contributed by atoms with E-state index in [9.17, 15) is 5.11 Å². The predicted molar refractivity (Wildman–Crippen MR) is 83.0 cm³/mol. The van der Waals surface area contributed by atoms with E-state index in [1.807, 2.05) is 24.3 Å². The number of aliphatic hydroxyl groups is 1. The summed E-state index contributed by atoms with van der Waals surface area (Å²) >= 11 is 7.82. The lowest BCUT2D eigenvalue weighted by Gasteiger charge is -2.14. The molecule has 0 radical (unpaired) electrons.